The minimum Gasteiger partial charge on any atom is -0.493 e. The maximum Gasteiger partial charge on any atom is 0.220 e. The molecule has 1 fully saturated rings. The predicted octanol–water partition coefficient (Wildman–Crippen LogP) is 3.52. The molecule has 1 amide bonds. The Morgan fingerprint density at radius 3 is 2.67 bits per heavy atom. The quantitative estimate of drug-likeness (QED) is 0.667. The van der Waals surface area contributed by atoms with Gasteiger partial charge in [0.1, 0.15) is 5.75 Å². The smallest absolute Gasteiger partial charge is 0.220 e. The second kappa shape index (κ2) is 9.28. The predicted molar refractivity (Wildman–Crippen MR) is 101 cm³/mol. The molecule has 1 saturated carbocycles. The minimum atomic E-state index is -0.216. The van der Waals surface area contributed by atoms with Crippen molar-refractivity contribution < 1.29 is 9.53 Å². The molecule has 1 aromatic rings. The van der Waals surface area contributed by atoms with Crippen molar-refractivity contribution in [1.82, 2.24) is 5.32 Å². The second-order valence-corrected chi connectivity index (χ2v) is 7.02. The van der Waals surface area contributed by atoms with Crippen LogP contribution in [0.25, 0.3) is 0 Å². The van der Waals surface area contributed by atoms with Gasteiger partial charge in [0, 0.05) is 13.0 Å². The molecule has 2 rings (SSSR count). The van der Waals surface area contributed by atoms with E-state index in [1.54, 1.807) is 0 Å². The summed E-state index contributed by atoms with van der Waals surface area (Å²) in [6, 6.07) is 6.22. The lowest BCUT2D eigenvalue weighted by Gasteiger charge is -2.29. The van der Waals surface area contributed by atoms with E-state index in [0.717, 1.165) is 24.2 Å². The lowest BCUT2D eigenvalue weighted by Crippen LogP contribution is -2.53. The molecule has 1 aliphatic carbocycles. The van der Waals surface area contributed by atoms with Crippen LogP contribution in [0.5, 0.6) is 5.75 Å². The molecule has 1 aromatic carbocycles. The molecule has 1 unspecified atom stereocenters. The molecule has 5 heteroatoms. The van der Waals surface area contributed by atoms with Crippen molar-refractivity contribution in [3.63, 3.8) is 0 Å². The fraction of sp³-hybridized carbons (Fsp3) is 0.632. The SMILES string of the molecule is Cc1ccc(C)c(OCCCCC(=O)NC(C)(CN)C2CC2)c1.Cl. The summed E-state index contributed by atoms with van der Waals surface area (Å²) in [5, 5.41) is 3.13. The molecule has 0 radical (unpaired) electrons. The molecule has 3 N–H and O–H groups in total. The van der Waals surface area contributed by atoms with Crippen LogP contribution < -0.4 is 15.8 Å². The third kappa shape index (κ3) is 5.99. The summed E-state index contributed by atoms with van der Waals surface area (Å²) in [6.07, 6.45) is 4.61. The second-order valence-electron chi connectivity index (χ2n) is 7.02. The van der Waals surface area contributed by atoms with Gasteiger partial charge in [-0.3, -0.25) is 4.79 Å². The molecular formula is C19H31ClN2O2. The van der Waals surface area contributed by atoms with Crippen molar-refractivity contribution in [2.24, 2.45) is 11.7 Å². The van der Waals surface area contributed by atoms with E-state index < -0.39 is 0 Å². The van der Waals surface area contributed by atoms with Gasteiger partial charge in [0.2, 0.25) is 5.91 Å². The fourth-order valence-electron chi connectivity index (χ4n) is 2.85. The zero-order valence-electron chi connectivity index (χ0n) is 15.1. The van der Waals surface area contributed by atoms with Gasteiger partial charge in [-0.1, -0.05) is 12.1 Å². The van der Waals surface area contributed by atoms with Crippen LogP contribution in [-0.4, -0.2) is 24.6 Å². The Morgan fingerprint density at radius 2 is 2.04 bits per heavy atom. The van der Waals surface area contributed by atoms with E-state index in [0.29, 0.717) is 25.5 Å². The van der Waals surface area contributed by atoms with Gasteiger partial charge in [0.05, 0.1) is 12.1 Å². The lowest BCUT2D eigenvalue weighted by atomic mass is 9.95. The summed E-state index contributed by atoms with van der Waals surface area (Å²) in [6.45, 7) is 7.33. The normalized spacial score (nSPS) is 16.0. The van der Waals surface area contributed by atoms with Crippen molar-refractivity contribution in [1.29, 1.82) is 0 Å². The van der Waals surface area contributed by atoms with E-state index in [2.05, 4.69) is 37.4 Å². The van der Waals surface area contributed by atoms with Gasteiger partial charge in [-0.25, -0.2) is 0 Å². The maximum absolute atomic E-state index is 12.1. The number of amides is 1. The Balaban J connectivity index is 0.00000288. The van der Waals surface area contributed by atoms with Crippen LogP contribution in [0.15, 0.2) is 18.2 Å². The van der Waals surface area contributed by atoms with E-state index in [-0.39, 0.29) is 23.9 Å². The molecule has 0 bridgehead atoms. The number of rotatable bonds is 9. The summed E-state index contributed by atoms with van der Waals surface area (Å²) >= 11 is 0. The van der Waals surface area contributed by atoms with Gasteiger partial charge in [0.15, 0.2) is 0 Å². The summed E-state index contributed by atoms with van der Waals surface area (Å²) < 4.78 is 5.82. The summed E-state index contributed by atoms with van der Waals surface area (Å²) in [4.78, 5) is 12.1. The largest absolute Gasteiger partial charge is 0.493 e. The van der Waals surface area contributed by atoms with Crippen LogP contribution in [0.3, 0.4) is 0 Å². The number of ether oxygens (including phenoxy) is 1. The van der Waals surface area contributed by atoms with E-state index >= 15 is 0 Å². The minimum absolute atomic E-state index is 0. The first-order chi connectivity index (χ1) is 10.9. The lowest BCUT2D eigenvalue weighted by molar-refractivity contribution is -0.123. The van der Waals surface area contributed by atoms with Gasteiger partial charge in [-0.2, -0.15) is 0 Å². The number of carbonyl (C=O) groups is 1. The molecule has 1 aliphatic rings. The first-order valence-electron chi connectivity index (χ1n) is 8.66. The number of halogens is 1. The molecule has 0 spiro atoms. The highest BCUT2D eigenvalue weighted by Crippen LogP contribution is 2.39. The van der Waals surface area contributed by atoms with Crippen molar-refractivity contribution in [3.8, 4) is 5.75 Å². The Hall–Kier alpha value is -1.26. The number of unbranched alkanes of at least 4 members (excludes halogenated alkanes) is 1. The molecular weight excluding hydrogens is 324 g/mol. The van der Waals surface area contributed by atoms with Crippen LogP contribution in [-0.2, 0) is 4.79 Å². The zero-order chi connectivity index (χ0) is 16.9. The van der Waals surface area contributed by atoms with Gasteiger partial charge in [-0.15, -0.1) is 12.4 Å². The van der Waals surface area contributed by atoms with E-state index in [1.165, 1.54) is 18.4 Å². The van der Waals surface area contributed by atoms with Crippen molar-refractivity contribution in [3.05, 3.63) is 29.3 Å². The highest BCUT2D eigenvalue weighted by atomic mass is 35.5. The average Bonchev–Trinajstić information content (AvgIpc) is 3.35. The van der Waals surface area contributed by atoms with E-state index in [1.807, 2.05) is 6.92 Å². The first-order valence-corrected chi connectivity index (χ1v) is 8.66. The molecule has 0 aliphatic heterocycles. The third-order valence-corrected chi connectivity index (χ3v) is 4.73. The Kier molecular flexibility index (Phi) is 8.04. The number of nitrogens with two attached hydrogens (primary N) is 1. The van der Waals surface area contributed by atoms with Crippen LogP contribution in [0, 0.1) is 19.8 Å². The van der Waals surface area contributed by atoms with E-state index in [4.69, 9.17) is 10.5 Å². The summed E-state index contributed by atoms with van der Waals surface area (Å²) in [5.74, 6) is 1.61. The fourth-order valence-corrected chi connectivity index (χ4v) is 2.85. The number of nitrogens with one attached hydrogen (secondary N) is 1. The van der Waals surface area contributed by atoms with Gasteiger partial charge >= 0.3 is 0 Å². The van der Waals surface area contributed by atoms with Crippen LogP contribution in [0.2, 0.25) is 0 Å². The Morgan fingerprint density at radius 1 is 1.33 bits per heavy atom. The van der Waals surface area contributed by atoms with Crippen molar-refractivity contribution in [2.75, 3.05) is 13.2 Å². The highest BCUT2D eigenvalue weighted by Gasteiger charge is 2.41. The monoisotopic (exact) mass is 354 g/mol. The zero-order valence-corrected chi connectivity index (χ0v) is 15.9. The summed E-state index contributed by atoms with van der Waals surface area (Å²) in [5.41, 5.74) is 7.96. The van der Waals surface area contributed by atoms with Crippen molar-refractivity contribution >= 4 is 18.3 Å². The average molecular weight is 355 g/mol. The van der Waals surface area contributed by atoms with Gasteiger partial charge in [-0.05, 0) is 69.6 Å². The number of hydrogen-bond acceptors (Lipinski definition) is 3. The molecule has 0 heterocycles. The summed E-state index contributed by atoms with van der Waals surface area (Å²) in [7, 11) is 0. The Bertz CT molecular complexity index is 546. The number of hydrogen-bond donors (Lipinski definition) is 2. The van der Waals surface area contributed by atoms with Gasteiger partial charge in [0.25, 0.3) is 0 Å². The first kappa shape index (κ1) is 20.8. The molecule has 0 saturated heterocycles. The highest BCUT2D eigenvalue weighted by molar-refractivity contribution is 5.85. The third-order valence-electron chi connectivity index (χ3n) is 4.73. The Labute approximate surface area is 151 Å². The topological polar surface area (TPSA) is 64.3 Å². The molecule has 4 nitrogen and oxygen atoms in total. The van der Waals surface area contributed by atoms with E-state index in [9.17, 15) is 4.79 Å². The molecule has 0 aromatic heterocycles. The van der Waals surface area contributed by atoms with Crippen molar-refractivity contribution in [2.45, 2.75) is 58.4 Å². The molecule has 1 atom stereocenters. The number of benzene rings is 1. The molecule has 24 heavy (non-hydrogen) atoms. The van der Waals surface area contributed by atoms with Crippen LogP contribution in [0.1, 0.15) is 50.2 Å². The number of aryl methyl sites for hydroxylation is 2. The maximum atomic E-state index is 12.1. The number of carbonyl (C=O) groups excluding carboxylic acids is 1. The molecule has 136 valence electrons. The van der Waals surface area contributed by atoms with Crippen LogP contribution >= 0.6 is 12.4 Å². The van der Waals surface area contributed by atoms with Gasteiger partial charge < -0.3 is 15.8 Å². The standard InChI is InChI=1S/C19H30N2O2.ClH/c1-14-7-8-15(2)17(12-14)23-11-5-4-6-18(22)21-19(3,13-20)16-9-10-16;/h7-8,12,16H,4-6,9-11,13,20H2,1-3H3,(H,21,22);1H. The van der Waals surface area contributed by atoms with Crippen LogP contribution in [0.4, 0.5) is 0 Å².